The van der Waals surface area contributed by atoms with Crippen LogP contribution in [-0.4, -0.2) is 92.6 Å². The summed E-state index contributed by atoms with van der Waals surface area (Å²) in [5.74, 6) is -2.25. The van der Waals surface area contributed by atoms with Crippen molar-refractivity contribution < 1.29 is 38.5 Å². The number of fused-ring (bicyclic) bond motifs is 4. The van der Waals surface area contributed by atoms with E-state index in [1.807, 2.05) is 82.9 Å². The number of aryl methyl sites for hydroxylation is 4. The lowest BCUT2D eigenvalue weighted by Crippen LogP contribution is -2.40. The highest BCUT2D eigenvalue weighted by Gasteiger charge is 2.27. The van der Waals surface area contributed by atoms with Gasteiger partial charge in [0.05, 0.1) is 147 Å². The summed E-state index contributed by atoms with van der Waals surface area (Å²) >= 11 is 79.8. The van der Waals surface area contributed by atoms with Gasteiger partial charge < -0.3 is 42.5 Å². The van der Waals surface area contributed by atoms with Crippen LogP contribution >= 0.6 is 155 Å². The standard InChI is InChI=1S/C22H18Cl3N3O2.C19H13Cl3N2O2.C18H13BrCl3NO2.C18H11Cl3N2O2/c1-27-14(10-16-19(24)8-13(12-26)9-20(16)27)11-17-18(23)3-2-15(21(17)25)22(29)28-4-6-30-7-5-28;1-24-11(7-13-16(21)5-10(9-23)6-17(13)24)8-14-15(20)4-3-12(18(14)22)19(25)26-2;1-23-10(7-12-15(21)5-9(19)6-16(12)23)8-13-14(20)4-3-11(17(13)22)18(24)25-2;1-23-10(6-12-15(20)4-9(8-22)5-16(12)23)7-13-14(19)3-2-11(17(13)21)18(24)25/h2-3,8-10H,4-7,11H2,1H3;3-7H,8H2,1-2H3;3-7H,8H2,1-2H3;2-6H,7H2,1H3,(H,24,25). The number of carboxylic acids is 1. The number of benzene rings is 8. The van der Waals surface area contributed by atoms with E-state index in [0.29, 0.717) is 152 Å². The Morgan fingerprint density at radius 2 is 0.698 bits per heavy atom. The maximum absolute atomic E-state index is 12.9. The molecule has 0 bridgehead atoms. The Hall–Kier alpha value is -7.81. The molecule has 4 aromatic heterocycles. The smallest absolute Gasteiger partial charge is 0.339 e. The van der Waals surface area contributed by atoms with Crippen LogP contribution in [0.5, 0.6) is 0 Å². The molecule has 542 valence electrons. The Kier molecular flexibility index (Phi) is 26.4. The summed E-state index contributed by atoms with van der Waals surface area (Å²) in [6, 6.07) is 40.8. The van der Waals surface area contributed by atoms with Gasteiger partial charge in [0, 0.05) is 136 Å². The Balaban J connectivity index is 0.000000152. The number of nitriles is 3. The van der Waals surface area contributed by atoms with Crippen LogP contribution in [0.3, 0.4) is 0 Å². The molecular formula is C77H55BrCl12N8O8. The monoisotopic (exact) mass is 1720 g/mol. The van der Waals surface area contributed by atoms with Gasteiger partial charge in [0.25, 0.3) is 5.91 Å². The van der Waals surface area contributed by atoms with Crippen LogP contribution in [0.1, 0.15) is 103 Å². The van der Waals surface area contributed by atoms with Gasteiger partial charge >= 0.3 is 17.9 Å². The molecule has 106 heavy (non-hydrogen) atoms. The van der Waals surface area contributed by atoms with Crippen LogP contribution in [0.15, 0.2) is 126 Å². The van der Waals surface area contributed by atoms with Crippen LogP contribution in [-0.2, 0) is 68.1 Å². The Morgan fingerprint density at radius 1 is 0.415 bits per heavy atom. The molecule has 8 aromatic carbocycles. The average Bonchev–Trinajstić information content (AvgIpc) is 1.67. The highest BCUT2D eigenvalue weighted by Crippen LogP contribution is 2.40. The number of ether oxygens (including phenoxy) is 3. The first-order valence-electron chi connectivity index (χ1n) is 31.6. The normalized spacial score (nSPS) is 11.8. The minimum Gasteiger partial charge on any atom is -0.478 e. The molecule has 1 amide bonds. The van der Waals surface area contributed by atoms with E-state index < -0.39 is 17.9 Å². The average molecular weight is 1730 g/mol. The van der Waals surface area contributed by atoms with E-state index >= 15 is 0 Å². The van der Waals surface area contributed by atoms with Crippen molar-refractivity contribution in [3.63, 3.8) is 0 Å². The van der Waals surface area contributed by atoms with E-state index in [1.54, 1.807) is 71.6 Å². The number of rotatable bonds is 12. The fraction of sp³-hybridized carbons (Fsp3) is 0.182. The number of esters is 2. The Morgan fingerprint density at radius 3 is 1.01 bits per heavy atom. The topological polar surface area (TPSA) is 211 Å². The number of methoxy groups -OCH3 is 2. The number of carboxylic acid groups (broad SMARTS) is 1. The number of amides is 1. The minimum absolute atomic E-state index is 0.00429. The highest BCUT2D eigenvalue weighted by molar-refractivity contribution is 9.10. The second-order valence-electron chi connectivity index (χ2n) is 24.1. The number of halogens is 13. The van der Waals surface area contributed by atoms with E-state index in [-0.39, 0.29) is 27.1 Å². The molecular weight excluding hydrogens is 1670 g/mol. The summed E-state index contributed by atoms with van der Waals surface area (Å²) in [5, 5.41) is 45.1. The predicted octanol–water partition coefficient (Wildman–Crippen LogP) is 22.0. The number of hydrogen-bond donors (Lipinski definition) is 1. The highest BCUT2D eigenvalue weighted by atomic mass is 79.9. The van der Waals surface area contributed by atoms with E-state index in [1.165, 1.54) is 32.4 Å². The number of carbonyl (C=O) groups excluding carboxylic acids is 3. The van der Waals surface area contributed by atoms with Crippen molar-refractivity contribution in [2.75, 3.05) is 40.5 Å². The molecule has 0 unspecified atom stereocenters. The first-order valence-corrected chi connectivity index (χ1v) is 36.9. The molecule has 0 spiro atoms. The maximum atomic E-state index is 12.9. The van der Waals surface area contributed by atoms with Gasteiger partial charge in [-0.1, -0.05) is 155 Å². The van der Waals surface area contributed by atoms with E-state index in [4.69, 9.17) is 164 Å². The molecule has 29 heteroatoms. The molecule has 12 aromatic rings. The number of aromatic nitrogens is 4. The van der Waals surface area contributed by atoms with Crippen LogP contribution in [0.4, 0.5) is 0 Å². The number of hydrogen-bond acceptors (Lipinski definition) is 10. The molecule has 5 heterocycles. The number of carbonyl (C=O) groups is 4. The van der Waals surface area contributed by atoms with Crippen LogP contribution in [0.2, 0.25) is 60.3 Å². The largest absolute Gasteiger partial charge is 0.478 e. The first-order chi connectivity index (χ1) is 50.4. The molecule has 13 rings (SSSR count). The van der Waals surface area contributed by atoms with Gasteiger partial charge in [0.2, 0.25) is 0 Å². The van der Waals surface area contributed by atoms with Crippen molar-refractivity contribution in [2.24, 2.45) is 28.2 Å². The third-order valence-corrected chi connectivity index (χ3v) is 22.8. The molecule has 0 saturated carbocycles. The summed E-state index contributed by atoms with van der Waals surface area (Å²) in [5.41, 5.74) is 12.1. The molecule has 0 atom stereocenters. The van der Waals surface area contributed by atoms with Gasteiger partial charge in [-0.15, -0.1) is 0 Å². The van der Waals surface area contributed by atoms with Gasteiger partial charge in [-0.05, 0) is 144 Å². The molecule has 0 aliphatic carbocycles. The van der Waals surface area contributed by atoms with Crippen molar-refractivity contribution in [3.8, 4) is 18.2 Å². The zero-order valence-corrected chi connectivity index (χ0v) is 67.2. The zero-order valence-electron chi connectivity index (χ0n) is 56.5. The van der Waals surface area contributed by atoms with Crippen molar-refractivity contribution >= 4 is 223 Å². The third-order valence-electron chi connectivity index (χ3n) is 17.9. The van der Waals surface area contributed by atoms with Crippen LogP contribution < -0.4 is 0 Å². The number of nitrogens with zero attached hydrogens (tertiary/aromatic N) is 8. The predicted molar refractivity (Wildman–Crippen MR) is 427 cm³/mol. The second kappa shape index (κ2) is 34.6. The zero-order chi connectivity index (χ0) is 77.0. The summed E-state index contributed by atoms with van der Waals surface area (Å²) < 4.78 is 23.6. The summed E-state index contributed by atoms with van der Waals surface area (Å²) in [7, 11) is 10.2. The van der Waals surface area contributed by atoms with Gasteiger partial charge in [-0.3, -0.25) is 4.79 Å². The molecule has 16 nitrogen and oxygen atoms in total. The molecule has 1 N–H and O–H groups in total. The fourth-order valence-electron chi connectivity index (χ4n) is 12.2. The van der Waals surface area contributed by atoms with Crippen LogP contribution in [0, 0.1) is 34.0 Å². The SMILES string of the molecule is COC(=O)c1ccc(Cl)c(Cc2cc3c(Cl)cc(Br)cc3n2C)c1Cl.COC(=O)c1ccc(Cl)c(Cc2cc3c(Cl)cc(C#N)cc3n2C)c1Cl.Cn1c(Cc2c(Cl)ccc(C(=O)N3CCOCC3)c2Cl)cc2c(Cl)cc(C#N)cc21.Cn1c(Cc2c(Cl)ccc(C(=O)O)c2Cl)cc2c(Cl)cc(C#N)cc21. The van der Waals surface area contributed by atoms with Crippen LogP contribution in [0.25, 0.3) is 43.6 Å². The van der Waals surface area contributed by atoms with Crippen molar-refractivity contribution in [3.05, 3.63) is 270 Å². The minimum atomic E-state index is -1.11. The molecule has 0 radical (unpaired) electrons. The maximum Gasteiger partial charge on any atom is 0.339 e. The summed E-state index contributed by atoms with van der Waals surface area (Å²) in [6.07, 6.45) is 1.61. The molecule has 1 saturated heterocycles. The lowest BCUT2D eigenvalue weighted by Gasteiger charge is -2.27. The molecule has 1 aliphatic rings. The first kappa shape index (κ1) is 80.7. The second-order valence-corrected chi connectivity index (χ2v) is 29.7. The summed E-state index contributed by atoms with van der Waals surface area (Å²) in [4.78, 5) is 49.7. The molecule has 1 fully saturated rings. The van der Waals surface area contributed by atoms with Gasteiger partial charge in [0.15, 0.2) is 0 Å². The van der Waals surface area contributed by atoms with Crippen molar-refractivity contribution in [2.45, 2.75) is 25.7 Å². The lowest BCUT2D eigenvalue weighted by molar-refractivity contribution is 0.0303. The van der Waals surface area contributed by atoms with Gasteiger partial charge in [-0.25, -0.2) is 14.4 Å². The molecule has 1 aliphatic heterocycles. The fourth-order valence-corrected chi connectivity index (χ4v) is 16.2. The van der Waals surface area contributed by atoms with Gasteiger partial charge in [0.1, 0.15) is 0 Å². The quantitative estimate of drug-likeness (QED) is 0.114. The van der Waals surface area contributed by atoms with E-state index in [9.17, 15) is 29.5 Å². The van der Waals surface area contributed by atoms with E-state index in [0.717, 1.165) is 70.9 Å². The third kappa shape index (κ3) is 17.0. The Labute approximate surface area is 676 Å². The number of morpholine rings is 1. The van der Waals surface area contributed by atoms with Gasteiger partial charge in [-0.2, -0.15) is 15.8 Å². The van der Waals surface area contributed by atoms with Crippen molar-refractivity contribution in [1.82, 2.24) is 23.2 Å². The number of aromatic carboxylic acids is 1. The van der Waals surface area contributed by atoms with E-state index in [2.05, 4.69) is 34.1 Å². The van der Waals surface area contributed by atoms with Crippen molar-refractivity contribution in [1.29, 1.82) is 15.8 Å². The Bertz CT molecular complexity index is 5720. The summed E-state index contributed by atoms with van der Waals surface area (Å²) in [6.45, 7) is 2.11. The lowest BCUT2D eigenvalue weighted by atomic mass is 10.0.